The van der Waals surface area contributed by atoms with Crippen LogP contribution in [0, 0.1) is 5.92 Å². The van der Waals surface area contributed by atoms with E-state index in [1.807, 2.05) is 6.07 Å². The number of hydrogen-bond acceptors (Lipinski definition) is 5. The molecule has 5 heteroatoms. The van der Waals surface area contributed by atoms with Crippen molar-refractivity contribution < 1.29 is 0 Å². The molecule has 1 aromatic rings. The van der Waals surface area contributed by atoms with Gasteiger partial charge in [0.2, 0.25) is 0 Å². The Morgan fingerprint density at radius 3 is 2.94 bits per heavy atom. The van der Waals surface area contributed by atoms with Gasteiger partial charge in [0.15, 0.2) is 0 Å². The third-order valence-corrected chi connectivity index (χ3v) is 3.11. The van der Waals surface area contributed by atoms with Crippen molar-refractivity contribution in [3.8, 4) is 0 Å². The Morgan fingerprint density at radius 1 is 1.39 bits per heavy atom. The Labute approximate surface area is 109 Å². The van der Waals surface area contributed by atoms with Gasteiger partial charge in [0, 0.05) is 25.2 Å². The maximum absolute atomic E-state index is 4.26. The maximum atomic E-state index is 4.26. The predicted octanol–water partition coefficient (Wildman–Crippen LogP) is 1.71. The van der Waals surface area contributed by atoms with Gasteiger partial charge in [-0.15, -0.1) is 0 Å². The fraction of sp³-hybridized carbons (Fsp3) is 0.692. The highest BCUT2D eigenvalue weighted by molar-refractivity contribution is 5.47. The van der Waals surface area contributed by atoms with Crippen molar-refractivity contribution in [1.82, 2.24) is 15.3 Å². The van der Waals surface area contributed by atoms with E-state index < -0.39 is 0 Å². The van der Waals surface area contributed by atoms with E-state index in [1.54, 1.807) is 6.33 Å². The molecule has 0 aliphatic carbocycles. The monoisotopic (exact) mass is 249 g/mol. The van der Waals surface area contributed by atoms with E-state index in [9.17, 15) is 0 Å². The molecule has 0 aromatic carbocycles. The Bertz CT molecular complexity index is 360. The minimum Gasteiger partial charge on any atom is -0.370 e. The summed E-state index contributed by atoms with van der Waals surface area (Å²) in [5.41, 5.74) is 0. The number of rotatable bonds is 6. The summed E-state index contributed by atoms with van der Waals surface area (Å²) in [5, 5.41) is 10.1. The molecule has 1 aromatic heterocycles. The van der Waals surface area contributed by atoms with Crippen LogP contribution in [-0.4, -0.2) is 35.6 Å². The second-order valence-corrected chi connectivity index (χ2v) is 5.23. The topological polar surface area (TPSA) is 61.9 Å². The molecule has 2 rings (SSSR count). The minimum absolute atomic E-state index is 0.489. The van der Waals surface area contributed by atoms with E-state index in [1.165, 1.54) is 0 Å². The van der Waals surface area contributed by atoms with Crippen molar-refractivity contribution in [3.05, 3.63) is 12.4 Å². The first-order chi connectivity index (χ1) is 8.74. The molecule has 5 nitrogen and oxygen atoms in total. The third kappa shape index (κ3) is 4.14. The third-order valence-electron chi connectivity index (χ3n) is 3.11. The molecule has 1 aliphatic rings. The highest BCUT2D eigenvalue weighted by Gasteiger charge is 2.14. The molecule has 100 valence electrons. The Kier molecular flexibility index (Phi) is 4.75. The van der Waals surface area contributed by atoms with Crippen molar-refractivity contribution in [2.24, 2.45) is 5.92 Å². The highest BCUT2D eigenvalue weighted by atomic mass is 15.1. The fourth-order valence-electron chi connectivity index (χ4n) is 2.01. The number of hydrogen-bond donors (Lipinski definition) is 3. The fourth-order valence-corrected chi connectivity index (χ4v) is 2.01. The second kappa shape index (κ2) is 6.54. The van der Waals surface area contributed by atoms with Crippen molar-refractivity contribution >= 4 is 11.6 Å². The molecule has 1 unspecified atom stereocenters. The summed E-state index contributed by atoms with van der Waals surface area (Å²) in [4.78, 5) is 8.49. The van der Waals surface area contributed by atoms with Crippen LogP contribution in [0.1, 0.15) is 26.7 Å². The summed E-state index contributed by atoms with van der Waals surface area (Å²) in [6.07, 6.45) is 3.92. The van der Waals surface area contributed by atoms with E-state index in [0.717, 1.165) is 44.1 Å². The number of anilines is 2. The first-order valence-electron chi connectivity index (χ1n) is 6.77. The summed E-state index contributed by atoms with van der Waals surface area (Å²) >= 11 is 0. The zero-order valence-electron chi connectivity index (χ0n) is 11.2. The van der Waals surface area contributed by atoms with Gasteiger partial charge < -0.3 is 16.0 Å². The van der Waals surface area contributed by atoms with E-state index in [0.29, 0.717) is 12.0 Å². The first-order valence-corrected chi connectivity index (χ1v) is 6.77. The van der Waals surface area contributed by atoms with Crippen molar-refractivity contribution in [2.75, 3.05) is 30.3 Å². The molecule has 0 amide bonds. The molecule has 1 fully saturated rings. The highest BCUT2D eigenvalue weighted by Crippen LogP contribution is 2.12. The summed E-state index contributed by atoms with van der Waals surface area (Å²) in [6.45, 7) is 7.50. The summed E-state index contributed by atoms with van der Waals surface area (Å²) in [7, 11) is 0. The molecule has 1 atom stereocenters. The molecule has 0 bridgehead atoms. The van der Waals surface area contributed by atoms with Gasteiger partial charge in [-0.05, 0) is 25.3 Å². The molecule has 1 aliphatic heterocycles. The van der Waals surface area contributed by atoms with Crippen LogP contribution in [0.3, 0.4) is 0 Å². The van der Waals surface area contributed by atoms with Gasteiger partial charge in [-0.25, -0.2) is 9.97 Å². The van der Waals surface area contributed by atoms with Crippen LogP contribution in [0.15, 0.2) is 12.4 Å². The Balaban J connectivity index is 1.84. The number of nitrogens with one attached hydrogen (secondary N) is 3. The lowest BCUT2D eigenvalue weighted by Crippen LogP contribution is -2.22. The molecular weight excluding hydrogens is 226 g/mol. The van der Waals surface area contributed by atoms with E-state index in [4.69, 9.17) is 0 Å². The van der Waals surface area contributed by atoms with Gasteiger partial charge in [-0.2, -0.15) is 0 Å². The summed E-state index contributed by atoms with van der Waals surface area (Å²) in [5.74, 6) is 2.52. The Hall–Kier alpha value is -1.36. The molecule has 1 saturated heterocycles. The predicted molar refractivity (Wildman–Crippen MR) is 74.9 cm³/mol. The molecule has 3 N–H and O–H groups in total. The summed E-state index contributed by atoms with van der Waals surface area (Å²) in [6, 6.07) is 2.47. The molecule has 18 heavy (non-hydrogen) atoms. The van der Waals surface area contributed by atoms with Gasteiger partial charge in [-0.3, -0.25) is 0 Å². The number of aromatic nitrogens is 2. The van der Waals surface area contributed by atoms with Crippen LogP contribution < -0.4 is 16.0 Å². The van der Waals surface area contributed by atoms with Crippen LogP contribution in [0.4, 0.5) is 11.6 Å². The van der Waals surface area contributed by atoms with E-state index in [-0.39, 0.29) is 0 Å². The number of nitrogens with zero attached hydrogens (tertiary/aromatic N) is 2. The smallest absolute Gasteiger partial charge is 0.131 e. The van der Waals surface area contributed by atoms with Gasteiger partial charge in [0.25, 0.3) is 0 Å². The normalized spacial score (nSPS) is 19.2. The Morgan fingerprint density at radius 2 is 2.22 bits per heavy atom. The van der Waals surface area contributed by atoms with E-state index in [2.05, 4.69) is 39.8 Å². The molecule has 0 saturated carbocycles. The average molecular weight is 249 g/mol. The van der Waals surface area contributed by atoms with Gasteiger partial charge in [-0.1, -0.05) is 13.8 Å². The average Bonchev–Trinajstić information content (AvgIpc) is 2.82. The van der Waals surface area contributed by atoms with Crippen molar-refractivity contribution in [2.45, 2.75) is 32.7 Å². The zero-order chi connectivity index (χ0) is 12.8. The second-order valence-electron chi connectivity index (χ2n) is 5.23. The van der Waals surface area contributed by atoms with Gasteiger partial charge >= 0.3 is 0 Å². The maximum Gasteiger partial charge on any atom is 0.131 e. The van der Waals surface area contributed by atoms with Gasteiger partial charge in [0.05, 0.1) is 0 Å². The standard InChI is InChI=1S/C13H23N5/c1-10(2)3-6-15-12-7-13(17-9-16-12)18-11-4-5-14-8-11/h7,9-11,14H,3-6,8H2,1-2H3,(H2,15,16,17,18). The summed E-state index contributed by atoms with van der Waals surface area (Å²) < 4.78 is 0. The molecule has 0 spiro atoms. The molecule has 2 heterocycles. The SMILES string of the molecule is CC(C)CCNc1cc(NC2CCNC2)ncn1. The largest absolute Gasteiger partial charge is 0.370 e. The lowest BCUT2D eigenvalue weighted by atomic mass is 10.1. The zero-order valence-corrected chi connectivity index (χ0v) is 11.2. The van der Waals surface area contributed by atoms with Gasteiger partial charge in [0.1, 0.15) is 18.0 Å². The van der Waals surface area contributed by atoms with Crippen molar-refractivity contribution in [1.29, 1.82) is 0 Å². The molecule has 0 radical (unpaired) electrons. The van der Waals surface area contributed by atoms with E-state index >= 15 is 0 Å². The quantitative estimate of drug-likeness (QED) is 0.716. The van der Waals surface area contributed by atoms with Crippen LogP contribution in [0.2, 0.25) is 0 Å². The first kappa shape index (κ1) is 13.1. The minimum atomic E-state index is 0.489. The lowest BCUT2D eigenvalue weighted by Gasteiger charge is -2.13. The van der Waals surface area contributed by atoms with Crippen molar-refractivity contribution in [3.63, 3.8) is 0 Å². The van der Waals surface area contributed by atoms with Crippen LogP contribution in [-0.2, 0) is 0 Å². The molecular formula is C13H23N5. The van der Waals surface area contributed by atoms with Crippen LogP contribution in [0.5, 0.6) is 0 Å². The lowest BCUT2D eigenvalue weighted by molar-refractivity contribution is 0.606. The van der Waals surface area contributed by atoms with Crippen LogP contribution in [0.25, 0.3) is 0 Å². The van der Waals surface area contributed by atoms with Crippen LogP contribution >= 0.6 is 0 Å².